The number of fused-ring (bicyclic) bond motifs is 1. The minimum Gasteiger partial charge on any atom is -0.497 e. The van der Waals surface area contributed by atoms with E-state index in [1.165, 1.54) is 33.3 Å². The Hall–Kier alpha value is -4.24. The number of nitrogens with zero attached hydrogens (tertiary/aromatic N) is 2. The quantitative estimate of drug-likeness (QED) is 0.463. The van der Waals surface area contributed by atoms with Crippen LogP contribution >= 0.6 is 0 Å². The first kappa shape index (κ1) is 23.5. The lowest BCUT2D eigenvalue weighted by Gasteiger charge is -2.30. The fourth-order valence-electron chi connectivity index (χ4n) is 4.89. The number of methoxy groups -OCH3 is 4. The van der Waals surface area contributed by atoms with Gasteiger partial charge in [0.1, 0.15) is 17.7 Å². The third-order valence-electron chi connectivity index (χ3n) is 6.49. The van der Waals surface area contributed by atoms with Crippen LogP contribution in [0.2, 0.25) is 0 Å². The van der Waals surface area contributed by atoms with Gasteiger partial charge in [-0.2, -0.15) is 0 Å². The van der Waals surface area contributed by atoms with E-state index in [9.17, 15) is 9.59 Å². The average Bonchev–Trinajstić information content (AvgIpc) is 3.43. The first-order valence-corrected chi connectivity index (χ1v) is 11.4. The number of hydrogen-bond donors (Lipinski definition) is 0. The van der Waals surface area contributed by atoms with Crippen LogP contribution in [0.15, 0.2) is 66.7 Å². The molecule has 0 spiro atoms. The molecule has 0 radical (unpaired) electrons. The highest BCUT2D eigenvalue weighted by Gasteiger charge is 2.61. The van der Waals surface area contributed by atoms with Crippen LogP contribution in [0.25, 0.3) is 0 Å². The van der Waals surface area contributed by atoms with Crippen molar-refractivity contribution in [3.8, 4) is 23.0 Å². The molecule has 9 nitrogen and oxygen atoms in total. The zero-order valence-corrected chi connectivity index (χ0v) is 20.3. The van der Waals surface area contributed by atoms with Gasteiger partial charge < -0.3 is 18.9 Å². The summed E-state index contributed by atoms with van der Waals surface area (Å²) in [5.74, 6) is 0.139. The lowest BCUT2D eigenvalue weighted by molar-refractivity contribution is -0.126. The molecule has 0 unspecified atom stereocenters. The van der Waals surface area contributed by atoms with Crippen molar-refractivity contribution >= 4 is 23.2 Å². The summed E-state index contributed by atoms with van der Waals surface area (Å²) in [6.45, 7) is 0. The first-order chi connectivity index (χ1) is 17.5. The van der Waals surface area contributed by atoms with Crippen LogP contribution in [0.3, 0.4) is 0 Å². The Morgan fingerprint density at radius 1 is 0.722 bits per heavy atom. The molecule has 0 bridgehead atoms. The maximum Gasteiger partial charge on any atom is 0.266 e. The van der Waals surface area contributed by atoms with Gasteiger partial charge in [-0.3, -0.25) is 14.4 Å². The third kappa shape index (κ3) is 3.59. The van der Waals surface area contributed by atoms with E-state index in [-0.39, 0.29) is 5.91 Å². The van der Waals surface area contributed by atoms with Crippen molar-refractivity contribution in [1.82, 2.24) is 0 Å². The third-order valence-corrected chi connectivity index (χ3v) is 6.49. The molecule has 3 aromatic rings. The summed E-state index contributed by atoms with van der Waals surface area (Å²) in [7, 11) is 6.10. The normalized spacial score (nSPS) is 20.9. The molecule has 3 aromatic carbocycles. The number of hydroxylamine groups is 1. The van der Waals surface area contributed by atoms with Gasteiger partial charge in [0.2, 0.25) is 11.7 Å². The number of ether oxygens (including phenoxy) is 4. The minimum absolute atomic E-state index is 0.376. The Morgan fingerprint density at radius 3 is 2.11 bits per heavy atom. The van der Waals surface area contributed by atoms with Gasteiger partial charge in [-0.05, 0) is 36.4 Å². The Labute approximate surface area is 208 Å². The molecule has 0 N–H and O–H groups in total. The number of carbonyl (C=O) groups is 2. The Bertz CT molecular complexity index is 1300. The Morgan fingerprint density at radius 2 is 1.44 bits per heavy atom. The van der Waals surface area contributed by atoms with E-state index in [4.69, 9.17) is 23.8 Å². The van der Waals surface area contributed by atoms with Crippen LogP contribution in [0.1, 0.15) is 11.6 Å². The summed E-state index contributed by atoms with van der Waals surface area (Å²) in [5.41, 5.74) is 1.74. The highest BCUT2D eigenvalue weighted by molar-refractivity contribution is 6.24. The van der Waals surface area contributed by atoms with Crippen molar-refractivity contribution in [2.45, 2.75) is 12.1 Å². The van der Waals surface area contributed by atoms with Crippen LogP contribution in [0.5, 0.6) is 23.0 Å². The molecule has 5 rings (SSSR count). The number of para-hydroxylation sites is 1. The molecule has 186 valence electrons. The fourth-order valence-corrected chi connectivity index (χ4v) is 4.89. The predicted octanol–water partition coefficient (Wildman–Crippen LogP) is 3.77. The Balaban J connectivity index is 1.65. The fraction of sp³-hybridized carbons (Fsp3) is 0.259. The maximum absolute atomic E-state index is 13.9. The highest BCUT2D eigenvalue weighted by atomic mass is 16.7. The standard InChI is InChI=1S/C27H26N2O7/c1-32-18-12-8-11-17(15-18)28-26(30)21-22(19-13-14-20(33-2)24(35-4)23(19)34-3)29(36-25(21)27(28)31)16-9-6-5-7-10-16/h5-15,21-22,25H,1-4H3/t21-,22+,25-/m1/s1. The summed E-state index contributed by atoms with van der Waals surface area (Å²) in [6.07, 6.45) is -1.02. The van der Waals surface area contributed by atoms with Crippen molar-refractivity contribution < 1.29 is 33.4 Å². The van der Waals surface area contributed by atoms with E-state index in [2.05, 4.69) is 0 Å². The zero-order chi connectivity index (χ0) is 25.4. The Kier molecular flexibility index (Phi) is 6.15. The van der Waals surface area contributed by atoms with Crippen LogP contribution < -0.4 is 28.9 Å². The molecule has 2 amide bonds. The van der Waals surface area contributed by atoms with E-state index in [0.29, 0.717) is 39.9 Å². The molecule has 2 aliphatic rings. The van der Waals surface area contributed by atoms with Crippen LogP contribution in [0.4, 0.5) is 11.4 Å². The average molecular weight is 491 g/mol. The van der Waals surface area contributed by atoms with E-state index in [1.54, 1.807) is 41.5 Å². The summed E-state index contributed by atoms with van der Waals surface area (Å²) >= 11 is 0. The molecule has 9 heteroatoms. The molecule has 3 atom stereocenters. The maximum atomic E-state index is 13.9. The van der Waals surface area contributed by atoms with E-state index in [0.717, 1.165) is 0 Å². The number of benzene rings is 3. The summed E-state index contributed by atoms with van der Waals surface area (Å²) in [6, 6.07) is 19.0. The number of imide groups is 1. The molecule has 2 aliphatic heterocycles. The van der Waals surface area contributed by atoms with E-state index >= 15 is 0 Å². The SMILES string of the molecule is COc1cccc(N2C(=O)[C@H]3[C@@H](ON(c4ccccc4)[C@H]3c3ccc(OC)c(OC)c3OC)C2=O)c1. The molecular formula is C27H26N2O7. The summed E-state index contributed by atoms with van der Waals surface area (Å²) in [5, 5.41) is 1.61. The zero-order valence-electron chi connectivity index (χ0n) is 20.3. The summed E-state index contributed by atoms with van der Waals surface area (Å²) < 4.78 is 22.1. The second-order valence-corrected chi connectivity index (χ2v) is 8.29. The van der Waals surface area contributed by atoms with Gasteiger partial charge in [-0.1, -0.05) is 24.3 Å². The number of hydrogen-bond acceptors (Lipinski definition) is 8. The molecular weight excluding hydrogens is 464 g/mol. The molecule has 0 saturated carbocycles. The van der Waals surface area contributed by atoms with Gasteiger partial charge in [-0.25, -0.2) is 9.96 Å². The number of carbonyl (C=O) groups excluding carboxylic acids is 2. The number of rotatable bonds is 7. The molecule has 2 saturated heterocycles. The van der Waals surface area contributed by atoms with Crippen LogP contribution in [-0.2, 0) is 14.4 Å². The van der Waals surface area contributed by atoms with Crippen LogP contribution in [-0.4, -0.2) is 46.4 Å². The van der Waals surface area contributed by atoms with Crippen LogP contribution in [0, 0.1) is 5.92 Å². The lowest BCUT2D eigenvalue weighted by atomic mass is 9.89. The topological polar surface area (TPSA) is 86.8 Å². The smallest absolute Gasteiger partial charge is 0.266 e. The largest absolute Gasteiger partial charge is 0.497 e. The van der Waals surface area contributed by atoms with Gasteiger partial charge in [0, 0.05) is 11.6 Å². The van der Waals surface area contributed by atoms with Crippen molar-refractivity contribution in [3.63, 3.8) is 0 Å². The lowest BCUT2D eigenvalue weighted by Crippen LogP contribution is -2.37. The van der Waals surface area contributed by atoms with E-state index < -0.39 is 24.0 Å². The summed E-state index contributed by atoms with van der Waals surface area (Å²) in [4.78, 5) is 34.9. The van der Waals surface area contributed by atoms with Gasteiger partial charge in [0.25, 0.3) is 5.91 Å². The number of anilines is 2. The molecule has 2 fully saturated rings. The van der Waals surface area contributed by atoms with Crippen molar-refractivity contribution in [3.05, 3.63) is 72.3 Å². The van der Waals surface area contributed by atoms with Crippen molar-refractivity contribution in [2.24, 2.45) is 5.92 Å². The molecule has 0 aromatic heterocycles. The monoisotopic (exact) mass is 490 g/mol. The molecule has 2 heterocycles. The van der Waals surface area contributed by atoms with Gasteiger partial charge >= 0.3 is 0 Å². The van der Waals surface area contributed by atoms with Crippen molar-refractivity contribution in [1.29, 1.82) is 0 Å². The van der Waals surface area contributed by atoms with Gasteiger partial charge in [0.05, 0.1) is 39.8 Å². The predicted molar refractivity (Wildman–Crippen MR) is 132 cm³/mol. The van der Waals surface area contributed by atoms with Crippen molar-refractivity contribution in [2.75, 3.05) is 38.4 Å². The minimum atomic E-state index is -1.02. The second-order valence-electron chi connectivity index (χ2n) is 8.29. The van der Waals surface area contributed by atoms with E-state index in [1.807, 2.05) is 30.3 Å². The van der Waals surface area contributed by atoms with Gasteiger partial charge in [0.15, 0.2) is 17.6 Å². The highest BCUT2D eigenvalue weighted by Crippen LogP contribution is 2.52. The van der Waals surface area contributed by atoms with Gasteiger partial charge in [-0.15, -0.1) is 0 Å². The second kappa shape index (κ2) is 9.43. The molecule has 0 aliphatic carbocycles. The number of amides is 2. The molecule has 36 heavy (non-hydrogen) atoms. The first-order valence-electron chi connectivity index (χ1n) is 11.4.